The van der Waals surface area contributed by atoms with Crippen molar-refractivity contribution in [2.24, 2.45) is 0 Å². The van der Waals surface area contributed by atoms with Crippen LogP contribution < -0.4 is 20.5 Å². The number of rotatable bonds is 3. The maximum atomic E-state index is 9.18. The summed E-state index contributed by atoms with van der Waals surface area (Å²) in [5.74, 6) is 0.772. The molecule has 1 aliphatic heterocycles. The first-order valence-electron chi connectivity index (χ1n) is 9.91. The van der Waals surface area contributed by atoms with Gasteiger partial charge >= 0.3 is 6.92 Å². The summed E-state index contributed by atoms with van der Waals surface area (Å²) >= 11 is 0. The Balaban J connectivity index is 1.71. The van der Waals surface area contributed by atoms with E-state index in [0.717, 1.165) is 33.7 Å². The molecule has 1 heterocycles. The van der Waals surface area contributed by atoms with Crippen molar-refractivity contribution in [3.8, 4) is 11.8 Å². The highest BCUT2D eigenvalue weighted by Gasteiger charge is 2.37. The molecule has 4 nitrogen and oxygen atoms in total. The van der Waals surface area contributed by atoms with Gasteiger partial charge in [-0.05, 0) is 59.5 Å². The number of fused-ring (bicyclic) bond motifs is 2. The number of benzene rings is 4. The SMILES string of the molecule is [C-]#[N+]c1ccc2c(c1)B(Oc1ccccc1)c1ccccc1N2c1ccc(C#N)cc1. The molecule has 31 heavy (non-hydrogen) atoms. The minimum atomic E-state index is -0.343. The zero-order chi connectivity index (χ0) is 21.2. The molecule has 0 radical (unpaired) electrons. The van der Waals surface area contributed by atoms with Crippen LogP contribution in [-0.2, 0) is 0 Å². The Bertz CT molecular complexity index is 1340. The molecule has 0 saturated heterocycles. The van der Waals surface area contributed by atoms with Crippen molar-refractivity contribution in [1.82, 2.24) is 0 Å². The van der Waals surface area contributed by atoms with Crippen LogP contribution in [0.25, 0.3) is 4.85 Å². The minimum absolute atomic E-state index is 0.343. The molecule has 1 aliphatic rings. The summed E-state index contributed by atoms with van der Waals surface area (Å²) in [6, 6.07) is 33.3. The lowest BCUT2D eigenvalue weighted by Gasteiger charge is -2.36. The largest absolute Gasteiger partial charge is 0.551 e. The van der Waals surface area contributed by atoms with Gasteiger partial charge in [0.05, 0.1) is 24.0 Å². The van der Waals surface area contributed by atoms with E-state index >= 15 is 0 Å². The van der Waals surface area contributed by atoms with Crippen molar-refractivity contribution >= 4 is 40.6 Å². The van der Waals surface area contributed by atoms with E-state index in [0.29, 0.717) is 11.3 Å². The monoisotopic (exact) mass is 397 g/mol. The third kappa shape index (κ3) is 3.29. The van der Waals surface area contributed by atoms with Gasteiger partial charge in [-0.2, -0.15) is 5.26 Å². The lowest BCUT2D eigenvalue weighted by Crippen LogP contribution is -2.53. The first kappa shape index (κ1) is 18.5. The van der Waals surface area contributed by atoms with Crippen molar-refractivity contribution in [2.45, 2.75) is 0 Å². The highest BCUT2D eigenvalue weighted by molar-refractivity contribution is 6.84. The van der Waals surface area contributed by atoms with Gasteiger partial charge in [0, 0.05) is 17.1 Å². The highest BCUT2D eigenvalue weighted by Crippen LogP contribution is 2.37. The maximum absolute atomic E-state index is 9.18. The van der Waals surface area contributed by atoms with Crippen LogP contribution in [0.2, 0.25) is 0 Å². The lowest BCUT2D eigenvalue weighted by molar-refractivity contribution is 0.591. The van der Waals surface area contributed by atoms with Gasteiger partial charge in [-0.25, -0.2) is 4.85 Å². The summed E-state index contributed by atoms with van der Waals surface area (Å²) in [4.78, 5) is 5.79. The van der Waals surface area contributed by atoms with Crippen molar-refractivity contribution in [3.63, 3.8) is 0 Å². The highest BCUT2D eigenvalue weighted by atomic mass is 16.4. The number of anilines is 3. The van der Waals surface area contributed by atoms with Crippen molar-refractivity contribution in [3.05, 3.63) is 114 Å². The Morgan fingerprint density at radius 2 is 1.52 bits per heavy atom. The fraction of sp³-hybridized carbons (Fsp3) is 0. The topological polar surface area (TPSA) is 40.6 Å². The van der Waals surface area contributed by atoms with E-state index < -0.39 is 0 Å². The number of nitrogens with zero attached hydrogens (tertiary/aromatic N) is 3. The van der Waals surface area contributed by atoms with Crippen LogP contribution in [0.15, 0.2) is 97.1 Å². The summed E-state index contributed by atoms with van der Waals surface area (Å²) < 4.78 is 6.46. The summed E-state index contributed by atoms with van der Waals surface area (Å²) in [5.41, 5.74) is 6.04. The van der Waals surface area contributed by atoms with Crippen molar-refractivity contribution in [1.29, 1.82) is 5.26 Å². The Morgan fingerprint density at radius 1 is 0.806 bits per heavy atom. The average molecular weight is 397 g/mol. The zero-order valence-electron chi connectivity index (χ0n) is 16.6. The molecule has 0 bridgehead atoms. The van der Waals surface area contributed by atoms with Gasteiger partial charge in [0.25, 0.3) is 0 Å². The van der Waals surface area contributed by atoms with Crippen LogP contribution >= 0.6 is 0 Å². The number of hydrogen-bond donors (Lipinski definition) is 0. The molecule has 144 valence electrons. The Morgan fingerprint density at radius 3 is 2.26 bits per heavy atom. The second kappa shape index (κ2) is 7.74. The quantitative estimate of drug-likeness (QED) is 0.358. The lowest BCUT2D eigenvalue weighted by atomic mass is 9.52. The molecule has 0 amide bonds. The Labute approximate surface area is 181 Å². The Kier molecular flexibility index (Phi) is 4.63. The molecule has 0 spiro atoms. The van der Waals surface area contributed by atoms with Crippen LogP contribution in [0.4, 0.5) is 22.7 Å². The third-order valence-corrected chi connectivity index (χ3v) is 5.38. The van der Waals surface area contributed by atoms with Crippen LogP contribution in [0, 0.1) is 17.9 Å². The summed E-state index contributed by atoms with van der Waals surface area (Å²) in [7, 11) is 0. The van der Waals surface area contributed by atoms with Gasteiger partial charge in [-0.3, -0.25) is 0 Å². The van der Waals surface area contributed by atoms with Crippen LogP contribution in [-0.4, -0.2) is 6.92 Å². The molecular weight excluding hydrogens is 381 g/mol. The number of para-hydroxylation sites is 2. The van der Waals surface area contributed by atoms with E-state index in [-0.39, 0.29) is 6.92 Å². The molecule has 0 unspecified atom stereocenters. The predicted octanol–water partition coefficient (Wildman–Crippen LogP) is 5.08. The van der Waals surface area contributed by atoms with Gasteiger partial charge in [-0.1, -0.05) is 48.5 Å². The molecule has 5 rings (SSSR count). The summed E-state index contributed by atoms with van der Waals surface area (Å²) in [6.07, 6.45) is 0. The first-order valence-corrected chi connectivity index (χ1v) is 9.91. The van der Waals surface area contributed by atoms with Gasteiger partial charge in [0.1, 0.15) is 0 Å². The predicted molar refractivity (Wildman–Crippen MR) is 124 cm³/mol. The van der Waals surface area contributed by atoms with Crippen LogP contribution in [0.5, 0.6) is 5.75 Å². The first-order chi connectivity index (χ1) is 15.3. The average Bonchev–Trinajstić information content (AvgIpc) is 2.84. The summed E-state index contributed by atoms with van der Waals surface area (Å²) in [5, 5.41) is 9.18. The van der Waals surface area contributed by atoms with Crippen LogP contribution in [0.3, 0.4) is 0 Å². The fourth-order valence-electron chi connectivity index (χ4n) is 3.96. The minimum Gasteiger partial charge on any atom is -0.551 e. The van der Waals surface area contributed by atoms with Crippen molar-refractivity contribution in [2.75, 3.05) is 4.90 Å². The number of nitriles is 1. The molecule has 4 aromatic carbocycles. The normalized spacial score (nSPS) is 11.7. The van der Waals surface area contributed by atoms with Gasteiger partial charge < -0.3 is 9.55 Å². The Hall–Kier alpha value is -4.48. The van der Waals surface area contributed by atoms with E-state index in [4.69, 9.17) is 11.2 Å². The standard InChI is InChI=1S/C26H16BN3O/c1-29-20-13-16-26-24(17-20)27(31-22-7-3-2-4-8-22)23-9-5-6-10-25(23)30(26)21-14-11-19(18-28)12-15-21/h2-17H. The molecule has 0 aliphatic carbocycles. The van der Waals surface area contributed by atoms with Crippen molar-refractivity contribution < 1.29 is 4.65 Å². The smallest absolute Gasteiger partial charge is 0.429 e. The van der Waals surface area contributed by atoms with Crippen LogP contribution in [0.1, 0.15) is 5.56 Å². The zero-order valence-corrected chi connectivity index (χ0v) is 16.6. The van der Waals surface area contributed by atoms with E-state index in [2.05, 4.69) is 27.9 Å². The second-order valence-electron chi connectivity index (χ2n) is 7.22. The van der Waals surface area contributed by atoms with Gasteiger partial charge in [0.2, 0.25) is 0 Å². The van der Waals surface area contributed by atoms with Gasteiger partial charge in [-0.15, -0.1) is 0 Å². The molecule has 0 aromatic heterocycles. The molecule has 5 heteroatoms. The third-order valence-electron chi connectivity index (χ3n) is 5.38. The number of hydrogen-bond acceptors (Lipinski definition) is 3. The molecule has 0 saturated carbocycles. The molecule has 0 fully saturated rings. The molecule has 4 aromatic rings. The van der Waals surface area contributed by atoms with E-state index in [9.17, 15) is 5.26 Å². The maximum Gasteiger partial charge on any atom is 0.429 e. The molecule has 0 N–H and O–H groups in total. The molecule has 0 atom stereocenters. The van der Waals surface area contributed by atoms with E-state index in [1.165, 1.54) is 0 Å². The van der Waals surface area contributed by atoms with E-state index in [1.54, 1.807) is 0 Å². The van der Waals surface area contributed by atoms with E-state index in [1.807, 2.05) is 84.9 Å². The fourth-order valence-corrected chi connectivity index (χ4v) is 3.96. The van der Waals surface area contributed by atoms with Gasteiger partial charge in [0.15, 0.2) is 5.69 Å². The second-order valence-corrected chi connectivity index (χ2v) is 7.22. The molecular formula is C26H16BN3O. The summed E-state index contributed by atoms with van der Waals surface area (Å²) in [6.45, 7) is 7.15.